The Kier molecular flexibility index (Phi) is 2.93. The number of ether oxygens (including phenoxy) is 1. The van der Waals surface area contributed by atoms with Gasteiger partial charge in [0.05, 0.1) is 0 Å². The van der Waals surface area contributed by atoms with E-state index in [1.54, 1.807) is 0 Å². The second kappa shape index (κ2) is 2.68. The van der Waals surface area contributed by atoms with Crippen molar-refractivity contribution in [3.05, 3.63) is 6.61 Å². The molecule has 1 fully saturated rings. The molecule has 0 N–H and O–H groups in total. The molecule has 0 amide bonds. The van der Waals surface area contributed by atoms with Gasteiger partial charge in [-0.25, -0.2) is 0 Å². The van der Waals surface area contributed by atoms with Crippen LogP contribution in [0.3, 0.4) is 0 Å². The van der Waals surface area contributed by atoms with E-state index >= 15 is 0 Å². The summed E-state index contributed by atoms with van der Waals surface area (Å²) in [5, 5.41) is 0. The fourth-order valence-corrected chi connectivity index (χ4v) is 0.248. The molecule has 0 unspecified atom stereocenters. The summed E-state index contributed by atoms with van der Waals surface area (Å²) in [4.78, 5) is 0. The van der Waals surface area contributed by atoms with Gasteiger partial charge in [0, 0.05) is 0 Å². The minimum Gasteiger partial charge on any atom is -0.570 e. The van der Waals surface area contributed by atoms with E-state index in [1.165, 1.54) is 0 Å². The molecule has 0 aliphatic carbocycles. The molecular formula is C4H7LiO. The zero-order valence-electron chi connectivity index (χ0n) is 4.27. The van der Waals surface area contributed by atoms with Crippen LogP contribution in [-0.2, 0) is 4.74 Å². The van der Waals surface area contributed by atoms with Crippen molar-refractivity contribution in [2.75, 3.05) is 0 Å². The standard InChI is InChI=1S/C4H7O.Li/c1-2-4-3-5-4;/h3-4H,2H2,1H3;/q-1;+1/t4-;/m1./s1. The van der Waals surface area contributed by atoms with Crippen LogP contribution in [0.15, 0.2) is 0 Å². The molecule has 1 nitrogen and oxygen atoms in total. The van der Waals surface area contributed by atoms with E-state index in [2.05, 4.69) is 6.92 Å². The Morgan fingerprint density at radius 2 is 2.33 bits per heavy atom. The van der Waals surface area contributed by atoms with Gasteiger partial charge in [0.2, 0.25) is 0 Å². The van der Waals surface area contributed by atoms with Gasteiger partial charge in [0.1, 0.15) is 0 Å². The second-order valence-electron chi connectivity index (χ2n) is 1.22. The van der Waals surface area contributed by atoms with Crippen molar-refractivity contribution in [3.63, 3.8) is 0 Å². The molecule has 1 atom stereocenters. The van der Waals surface area contributed by atoms with Crippen molar-refractivity contribution < 1.29 is 23.6 Å². The van der Waals surface area contributed by atoms with Gasteiger partial charge in [-0.3, -0.25) is 0 Å². The predicted octanol–water partition coefficient (Wildman–Crippen LogP) is -2.04. The Morgan fingerprint density at radius 1 is 1.83 bits per heavy atom. The fourth-order valence-electron chi connectivity index (χ4n) is 0.248. The Balaban J connectivity index is 0.000000250. The molecule has 0 aromatic rings. The molecule has 0 radical (unpaired) electrons. The van der Waals surface area contributed by atoms with Crippen molar-refractivity contribution in [2.45, 2.75) is 19.4 Å². The van der Waals surface area contributed by atoms with E-state index in [0.717, 1.165) is 6.42 Å². The first-order valence-corrected chi connectivity index (χ1v) is 1.92. The summed E-state index contributed by atoms with van der Waals surface area (Å²) in [5.41, 5.74) is 0. The summed E-state index contributed by atoms with van der Waals surface area (Å²) in [6.45, 7) is 3.95. The molecule has 1 rings (SSSR count). The zero-order valence-corrected chi connectivity index (χ0v) is 4.27. The maximum atomic E-state index is 4.73. The van der Waals surface area contributed by atoms with Gasteiger partial charge in [0.15, 0.2) is 0 Å². The largest absolute Gasteiger partial charge is 1.00 e. The zero-order chi connectivity index (χ0) is 3.70. The molecule has 1 aliphatic rings. The normalized spacial score (nSPS) is 28.5. The third-order valence-corrected chi connectivity index (χ3v) is 0.731. The molecule has 0 saturated carbocycles. The van der Waals surface area contributed by atoms with Gasteiger partial charge in [-0.05, 0) is 0 Å². The number of rotatable bonds is 1. The van der Waals surface area contributed by atoms with Crippen molar-refractivity contribution in [3.8, 4) is 0 Å². The Morgan fingerprint density at radius 3 is 2.33 bits per heavy atom. The van der Waals surface area contributed by atoms with Crippen LogP contribution >= 0.6 is 0 Å². The van der Waals surface area contributed by atoms with Crippen LogP contribution in [-0.4, -0.2) is 6.10 Å². The van der Waals surface area contributed by atoms with E-state index < -0.39 is 0 Å². The number of hydrogen-bond donors (Lipinski definition) is 0. The van der Waals surface area contributed by atoms with Crippen LogP contribution < -0.4 is 18.9 Å². The van der Waals surface area contributed by atoms with Crippen LogP contribution in [0.4, 0.5) is 0 Å². The smallest absolute Gasteiger partial charge is 0.570 e. The summed E-state index contributed by atoms with van der Waals surface area (Å²) >= 11 is 0. The molecule has 0 spiro atoms. The topological polar surface area (TPSA) is 12.5 Å². The molecular weight excluding hydrogens is 71.0 g/mol. The van der Waals surface area contributed by atoms with E-state index in [9.17, 15) is 0 Å². The third kappa shape index (κ3) is 1.87. The first kappa shape index (κ1) is 6.56. The summed E-state index contributed by atoms with van der Waals surface area (Å²) in [6.07, 6.45) is 1.65. The predicted molar refractivity (Wildman–Crippen MR) is 19.5 cm³/mol. The van der Waals surface area contributed by atoms with Crippen molar-refractivity contribution in [1.29, 1.82) is 0 Å². The molecule has 0 aromatic carbocycles. The van der Waals surface area contributed by atoms with E-state index in [0.29, 0.717) is 6.10 Å². The quantitative estimate of drug-likeness (QED) is 0.200. The number of epoxide rings is 1. The summed E-state index contributed by atoms with van der Waals surface area (Å²) in [6, 6.07) is 0. The molecule has 6 heavy (non-hydrogen) atoms. The van der Waals surface area contributed by atoms with E-state index in [1.807, 2.05) is 6.61 Å². The van der Waals surface area contributed by atoms with Gasteiger partial charge >= 0.3 is 18.9 Å². The van der Waals surface area contributed by atoms with Gasteiger partial charge in [-0.2, -0.15) is 6.61 Å². The Labute approximate surface area is 50.2 Å². The van der Waals surface area contributed by atoms with Gasteiger partial charge in [0.25, 0.3) is 0 Å². The fraction of sp³-hybridized carbons (Fsp3) is 0.750. The maximum absolute atomic E-state index is 4.73. The average Bonchev–Trinajstić information content (AvgIpc) is 2.12. The SMILES string of the molecule is CC[C@@H]1[CH-]O1.[Li+]. The Bertz CT molecular complexity index is 34.5. The van der Waals surface area contributed by atoms with Gasteiger partial charge < -0.3 is 4.74 Å². The molecule has 1 aliphatic heterocycles. The van der Waals surface area contributed by atoms with Crippen LogP contribution in [0.2, 0.25) is 0 Å². The molecule has 30 valence electrons. The monoisotopic (exact) mass is 78.1 g/mol. The molecule has 2 heteroatoms. The summed E-state index contributed by atoms with van der Waals surface area (Å²) in [5.74, 6) is 0. The van der Waals surface area contributed by atoms with Crippen LogP contribution in [0.5, 0.6) is 0 Å². The molecule has 1 saturated heterocycles. The van der Waals surface area contributed by atoms with Crippen LogP contribution in [0.1, 0.15) is 13.3 Å². The summed E-state index contributed by atoms with van der Waals surface area (Å²) < 4.78 is 4.73. The summed E-state index contributed by atoms with van der Waals surface area (Å²) in [7, 11) is 0. The second-order valence-corrected chi connectivity index (χ2v) is 1.22. The Hall–Kier alpha value is 0.557. The first-order valence-electron chi connectivity index (χ1n) is 1.92. The minimum atomic E-state index is 0. The van der Waals surface area contributed by atoms with Gasteiger partial charge in [-0.15, -0.1) is 0 Å². The van der Waals surface area contributed by atoms with Crippen molar-refractivity contribution >= 4 is 0 Å². The van der Waals surface area contributed by atoms with Crippen LogP contribution in [0.25, 0.3) is 0 Å². The van der Waals surface area contributed by atoms with Gasteiger partial charge in [-0.1, -0.05) is 19.4 Å². The van der Waals surface area contributed by atoms with E-state index in [4.69, 9.17) is 4.74 Å². The van der Waals surface area contributed by atoms with Crippen molar-refractivity contribution in [2.24, 2.45) is 0 Å². The molecule has 0 aromatic heterocycles. The maximum Gasteiger partial charge on any atom is 1.00 e. The minimum absolute atomic E-state index is 0. The van der Waals surface area contributed by atoms with Crippen molar-refractivity contribution in [1.82, 2.24) is 0 Å². The first-order chi connectivity index (χ1) is 2.43. The number of hydrogen-bond acceptors (Lipinski definition) is 1. The van der Waals surface area contributed by atoms with E-state index in [-0.39, 0.29) is 18.9 Å². The average molecular weight is 78.0 g/mol. The molecule has 0 bridgehead atoms. The third-order valence-electron chi connectivity index (χ3n) is 0.731. The van der Waals surface area contributed by atoms with Crippen LogP contribution in [0, 0.1) is 6.61 Å². The molecule has 1 heterocycles.